The average Bonchev–Trinajstić information content (AvgIpc) is 3.25. The molecule has 1 aliphatic rings. The van der Waals surface area contributed by atoms with E-state index in [1.165, 1.54) is 36.4 Å². The Balaban J connectivity index is 1.25. The second-order valence-electron chi connectivity index (χ2n) is 8.66. The number of alkyl carbamates (subject to hydrolysis) is 1. The summed E-state index contributed by atoms with van der Waals surface area (Å²) in [5.74, 6) is -1.47. The summed E-state index contributed by atoms with van der Waals surface area (Å²) in [6.45, 7) is 0.0380. The van der Waals surface area contributed by atoms with Gasteiger partial charge in [0.2, 0.25) is 0 Å². The van der Waals surface area contributed by atoms with E-state index >= 15 is 0 Å². The molecule has 9 heteroatoms. The fourth-order valence-corrected chi connectivity index (χ4v) is 5.47. The molecule has 0 aromatic heterocycles. The largest absolute Gasteiger partial charge is 0.479 e. The van der Waals surface area contributed by atoms with E-state index in [4.69, 9.17) is 8.92 Å². The summed E-state index contributed by atoms with van der Waals surface area (Å²) in [4.78, 5) is 24.5. The number of carboxylic acid groups (broad SMARTS) is 1. The summed E-state index contributed by atoms with van der Waals surface area (Å²) in [6, 6.07) is 27.4. The molecule has 0 heterocycles. The fraction of sp³-hybridized carbons (Fsp3) is 0.103. The monoisotopic (exact) mass is 529 g/mol. The number of carboxylic acids is 1. The van der Waals surface area contributed by atoms with Crippen molar-refractivity contribution in [1.29, 1.82) is 0 Å². The van der Waals surface area contributed by atoms with Crippen molar-refractivity contribution in [1.82, 2.24) is 5.32 Å². The smallest absolute Gasteiger partial charge is 0.408 e. The summed E-state index contributed by atoms with van der Waals surface area (Å²) in [5, 5.41) is 12.1. The normalized spacial score (nSPS) is 13.2. The highest BCUT2D eigenvalue weighted by Gasteiger charge is 2.30. The number of carbonyl (C=O) groups excluding carboxylic acids is 1. The SMILES string of the molecule is O=C(NC(C(=O)O)c1ccc(OS(=O)(=O)c2ccccc2)cc1)OCC1c2ccccc2-c2ccccc21. The molecule has 0 saturated heterocycles. The maximum absolute atomic E-state index is 12.6. The number of aliphatic carboxylic acids is 1. The molecule has 0 radical (unpaired) electrons. The number of hydrogen-bond donors (Lipinski definition) is 2. The summed E-state index contributed by atoms with van der Waals surface area (Å²) in [7, 11) is -4.05. The van der Waals surface area contributed by atoms with Crippen LogP contribution in [0, 0.1) is 0 Å². The van der Waals surface area contributed by atoms with Crippen molar-refractivity contribution < 1.29 is 32.0 Å². The topological polar surface area (TPSA) is 119 Å². The van der Waals surface area contributed by atoms with Crippen molar-refractivity contribution in [2.45, 2.75) is 16.9 Å². The van der Waals surface area contributed by atoms with E-state index in [9.17, 15) is 23.1 Å². The second-order valence-corrected chi connectivity index (χ2v) is 10.2. The fourth-order valence-electron chi connectivity index (χ4n) is 4.52. The van der Waals surface area contributed by atoms with Crippen LogP contribution >= 0.6 is 0 Å². The highest BCUT2D eigenvalue weighted by molar-refractivity contribution is 7.87. The van der Waals surface area contributed by atoms with Gasteiger partial charge in [-0.25, -0.2) is 9.59 Å². The van der Waals surface area contributed by atoms with Gasteiger partial charge in [-0.3, -0.25) is 0 Å². The molecule has 2 N–H and O–H groups in total. The Labute approximate surface area is 219 Å². The van der Waals surface area contributed by atoms with Gasteiger partial charge in [0.25, 0.3) is 0 Å². The van der Waals surface area contributed by atoms with Gasteiger partial charge in [-0.05, 0) is 52.1 Å². The first-order valence-electron chi connectivity index (χ1n) is 11.8. The molecule has 1 amide bonds. The molecule has 1 aliphatic carbocycles. The summed E-state index contributed by atoms with van der Waals surface area (Å²) < 4.78 is 35.4. The molecule has 4 aromatic rings. The molecule has 1 unspecified atom stereocenters. The van der Waals surface area contributed by atoms with Gasteiger partial charge in [0, 0.05) is 5.92 Å². The van der Waals surface area contributed by atoms with E-state index in [0.717, 1.165) is 22.3 Å². The molecule has 192 valence electrons. The summed E-state index contributed by atoms with van der Waals surface area (Å²) >= 11 is 0. The third-order valence-electron chi connectivity index (χ3n) is 6.30. The van der Waals surface area contributed by atoms with Crippen molar-refractivity contribution in [3.8, 4) is 16.9 Å². The number of fused-ring (bicyclic) bond motifs is 3. The quantitative estimate of drug-likeness (QED) is 0.304. The zero-order chi connectivity index (χ0) is 26.7. The summed E-state index contributed by atoms with van der Waals surface area (Å²) in [6.07, 6.45) is -0.883. The molecule has 0 spiro atoms. The standard InChI is InChI=1S/C29H23NO7S/c31-28(32)27(19-14-16-20(17-15-19)37-38(34,35)21-8-2-1-3-9-21)30-29(33)36-18-26-24-12-6-4-10-22(24)23-11-5-7-13-25(23)26/h1-17,26-27H,18H2,(H,30,33)(H,31,32). The lowest BCUT2D eigenvalue weighted by molar-refractivity contribution is -0.139. The van der Waals surface area contributed by atoms with E-state index in [2.05, 4.69) is 5.32 Å². The van der Waals surface area contributed by atoms with E-state index in [-0.39, 0.29) is 28.7 Å². The molecular formula is C29H23NO7S. The van der Waals surface area contributed by atoms with Crippen molar-refractivity contribution in [2.75, 3.05) is 6.61 Å². The number of nitrogens with one attached hydrogen (secondary N) is 1. The van der Waals surface area contributed by atoms with Gasteiger partial charge in [-0.2, -0.15) is 8.42 Å². The zero-order valence-electron chi connectivity index (χ0n) is 20.0. The van der Waals surface area contributed by atoms with E-state index in [1.807, 2.05) is 48.5 Å². The predicted molar refractivity (Wildman–Crippen MR) is 139 cm³/mol. The molecule has 38 heavy (non-hydrogen) atoms. The number of carbonyl (C=O) groups is 2. The average molecular weight is 530 g/mol. The van der Waals surface area contributed by atoms with Crippen LogP contribution in [0.2, 0.25) is 0 Å². The van der Waals surface area contributed by atoms with Gasteiger partial charge in [0.05, 0.1) is 0 Å². The molecule has 1 atom stereocenters. The molecule has 4 aromatic carbocycles. The number of amides is 1. The first kappa shape index (κ1) is 25.0. The van der Waals surface area contributed by atoms with Gasteiger partial charge in [-0.1, -0.05) is 78.9 Å². The zero-order valence-corrected chi connectivity index (χ0v) is 20.8. The minimum atomic E-state index is -4.05. The Bertz CT molecular complexity index is 1540. The molecule has 0 saturated carbocycles. The lowest BCUT2D eigenvalue weighted by atomic mass is 9.98. The van der Waals surface area contributed by atoms with Gasteiger partial charge >= 0.3 is 22.2 Å². The van der Waals surface area contributed by atoms with Gasteiger partial charge in [-0.15, -0.1) is 0 Å². The molecular weight excluding hydrogens is 506 g/mol. The molecule has 0 aliphatic heterocycles. The van der Waals surface area contributed by atoms with Crippen LogP contribution in [0.4, 0.5) is 4.79 Å². The maximum atomic E-state index is 12.6. The van der Waals surface area contributed by atoms with E-state index in [0.29, 0.717) is 0 Å². The maximum Gasteiger partial charge on any atom is 0.408 e. The Morgan fingerprint density at radius 3 is 1.92 bits per heavy atom. The molecule has 0 bridgehead atoms. The first-order valence-corrected chi connectivity index (χ1v) is 13.2. The van der Waals surface area contributed by atoms with E-state index in [1.54, 1.807) is 18.2 Å². The summed E-state index contributed by atoms with van der Waals surface area (Å²) in [5.41, 5.74) is 4.46. The molecule has 0 fully saturated rings. The highest BCUT2D eigenvalue weighted by atomic mass is 32.2. The minimum absolute atomic E-state index is 0.00267. The third-order valence-corrected chi connectivity index (χ3v) is 7.57. The van der Waals surface area contributed by atoms with Crippen LogP contribution < -0.4 is 9.50 Å². The Kier molecular flexibility index (Phi) is 6.85. The molecule has 5 rings (SSSR count). The predicted octanol–water partition coefficient (Wildman–Crippen LogP) is 5.12. The lowest BCUT2D eigenvalue weighted by Crippen LogP contribution is -2.34. The first-order chi connectivity index (χ1) is 18.3. The minimum Gasteiger partial charge on any atom is -0.479 e. The van der Waals surface area contributed by atoms with Crippen LogP contribution in [-0.2, 0) is 19.6 Å². The Morgan fingerprint density at radius 1 is 0.789 bits per heavy atom. The van der Waals surface area contributed by atoms with Crippen LogP contribution in [0.15, 0.2) is 108 Å². The third kappa shape index (κ3) is 5.09. The van der Waals surface area contributed by atoms with Crippen molar-refractivity contribution in [3.63, 3.8) is 0 Å². The van der Waals surface area contributed by atoms with Gasteiger partial charge in [0.15, 0.2) is 6.04 Å². The lowest BCUT2D eigenvalue weighted by Gasteiger charge is -2.18. The van der Waals surface area contributed by atoms with E-state index < -0.39 is 28.2 Å². The second kappa shape index (κ2) is 10.4. The number of rotatable bonds is 8. The number of hydrogen-bond acceptors (Lipinski definition) is 6. The molecule has 8 nitrogen and oxygen atoms in total. The van der Waals surface area contributed by atoms with Crippen molar-refractivity contribution >= 4 is 22.2 Å². The van der Waals surface area contributed by atoms with Crippen LogP contribution in [0.5, 0.6) is 5.75 Å². The Hall–Kier alpha value is -4.63. The number of ether oxygens (including phenoxy) is 1. The van der Waals surface area contributed by atoms with Crippen molar-refractivity contribution in [2.24, 2.45) is 0 Å². The van der Waals surface area contributed by atoms with Crippen molar-refractivity contribution in [3.05, 3.63) is 120 Å². The highest BCUT2D eigenvalue weighted by Crippen LogP contribution is 2.44. The van der Waals surface area contributed by atoms with Crippen LogP contribution in [0.25, 0.3) is 11.1 Å². The number of benzene rings is 4. The van der Waals surface area contributed by atoms with Crippen LogP contribution in [0.3, 0.4) is 0 Å². The van der Waals surface area contributed by atoms with Gasteiger partial charge < -0.3 is 19.3 Å². The van der Waals surface area contributed by atoms with Crippen LogP contribution in [-0.4, -0.2) is 32.2 Å². The Morgan fingerprint density at radius 2 is 1.34 bits per heavy atom. The van der Waals surface area contributed by atoms with Gasteiger partial charge in [0.1, 0.15) is 17.3 Å². The van der Waals surface area contributed by atoms with Crippen LogP contribution in [0.1, 0.15) is 28.7 Å².